The molecule has 3 aromatic rings. The van der Waals surface area contributed by atoms with Gasteiger partial charge in [-0.05, 0) is 43.2 Å². The van der Waals surface area contributed by atoms with Gasteiger partial charge in [-0.2, -0.15) is 9.29 Å². The van der Waals surface area contributed by atoms with Gasteiger partial charge in [-0.3, -0.25) is 4.79 Å². The molecule has 0 spiro atoms. The number of rotatable bonds is 6. The van der Waals surface area contributed by atoms with E-state index in [0.29, 0.717) is 43.5 Å². The lowest BCUT2D eigenvalue weighted by atomic mass is 10.2. The van der Waals surface area contributed by atoms with Crippen molar-refractivity contribution in [3.63, 3.8) is 0 Å². The van der Waals surface area contributed by atoms with Crippen LogP contribution in [-0.4, -0.2) is 78.3 Å². The smallest absolute Gasteiger partial charge is 0.270 e. The average molecular weight is 498 g/mol. The number of amides is 1. The molecule has 0 atom stereocenters. The van der Waals surface area contributed by atoms with Gasteiger partial charge >= 0.3 is 0 Å². The molecule has 2 N–H and O–H groups in total. The standard InChI is InChI=1S/C24H31N7O3S/c1-29(2)23(32)21-15-17-16-26-24(28-22(17)31(21)19-5-3-4-6-19)27-18-7-9-20(10-8-18)35(33,34)30-13-11-25-12-14-30/h7-10,15-16,19,25H,3-6,11-14H2,1-2H3,(H,26,27,28). The highest BCUT2D eigenvalue weighted by molar-refractivity contribution is 7.89. The number of aromatic nitrogens is 3. The lowest BCUT2D eigenvalue weighted by Crippen LogP contribution is -2.46. The number of carbonyl (C=O) groups excluding carboxylic acids is 1. The number of nitrogens with zero attached hydrogens (tertiary/aromatic N) is 5. The molecule has 2 aliphatic rings. The van der Waals surface area contributed by atoms with Crippen LogP contribution in [0.5, 0.6) is 0 Å². The van der Waals surface area contributed by atoms with Crippen LogP contribution in [0.15, 0.2) is 41.4 Å². The number of benzene rings is 1. The molecule has 5 rings (SSSR count). The predicted octanol–water partition coefficient (Wildman–Crippen LogP) is 2.59. The number of hydrogen-bond donors (Lipinski definition) is 2. The van der Waals surface area contributed by atoms with Gasteiger partial charge < -0.3 is 20.1 Å². The Labute approximate surface area is 205 Å². The molecule has 35 heavy (non-hydrogen) atoms. The molecule has 2 fully saturated rings. The number of carbonyl (C=O) groups is 1. The normalized spacial score (nSPS) is 17.7. The monoisotopic (exact) mass is 497 g/mol. The third kappa shape index (κ3) is 4.63. The van der Waals surface area contributed by atoms with Gasteiger partial charge in [0.15, 0.2) is 0 Å². The molecule has 3 heterocycles. The zero-order valence-electron chi connectivity index (χ0n) is 20.1. The van der Waals surface area contributed by atoms with Crippen LogP contribution in [0.25, 0.3) is 11.0 Å². The van der Waals surface area contributed by atoms with Crippen LogP contribution in [-0.2, 0) is 10.0 Å². The Bertz CT molecular complexity index is 1320. The minimum absolute atomic E-state index is 0.0503. The molecule has 1 saturated carbocycles. The number of sulfonamides is 1. The molecule has 186 valence electrons. The first-order chi connectivity index (χ1) is 16.8. The first kappa shape index (κ1) is 23.7. The maximum atomic E-state index is 12.9. The topological polar surface area (TPSA) is 112 Å². The largest absolute Gasteiger partial charge is 0.343 e. The number of anilines is 2. The van der Waals surface area contributed by atoms with E-state index in [-0.39, 0.29) is 16.8 Å². The van der Waals surface area contributed by atoms with Crippen LogP contribution < -0.4 is 10.6 Å². The molecular formula is C24H31N7O3S. The molecule has 1 aliphatic carbocycles. The van der Waals surface area contributed by atoms with Crippen molar-refractivity contribution in [2.75, 3.05) is 45.6 Å². The Balaban J connectivity index is 1.42. The highest BCUT2D eigenvalue weighted by atomic mass is 32.2. The van der Waals surface area contributed by atoms with Crippen LogP contribution >= 0.6 is 0 Å². The Kier molecular flexibility index (Phi) is 6.47. The van der Waals surface area contributed by atoms with Crippen LogP contribution in [0.3, 0.4) is 0 Å². The zero-order valence-corrected chi connectivity index (χ0v) is 20.9. The Morgan fingerprint density at radius 3 is 2.46 bits per heavy atom. The fourth-order valence-corrected chi connectivity index (χ4v) is 6.31. The van der Waals surface area contributed by atoms with Crippen LogP contribution in [0, 0.1) is 0 Å². The van der Waals surface area contributed by atoms with Crippen molar-refractivity contribution in [3.05, 3.63) is 42.2 Å². The van der Waals surface area contributed by atoms with Crippen molar-refractivity contribution in [2.24, 2.45) is 0 Å². The van der Waals surface area contributed by atoms with E-state index in [0.717, 1.165) is 36.7 Å². The lowest BCUT2D eigenvalue weighted by Gasteiger charge is -2.26. The van der Waals surface area contributed by atoms with E-state index in [2.05, 4.69) is 20.2 Å². The van der Waals surface area contributed by atoms with Crippen LogP contribution in [0.4, 0.5) is 11.6 Å². The minimum Gasteiger partial charge on any atom is -0.343 e. The van der Waals surface area contributed by atoms with Gasteiger partial charge in [-0.1, -0.05) is 12.8 Å². The summed E-state index contributed by atoms with van der Waals surface area (Å²) in [6, 6.07) is 8.76. The van der Waals surface area contributed by atoms with Gasteiger partial charge in [-0.15, -0.1) is 0 Å². The summed E-state index contributed by atoms with van der Waals surface area (Å²) in [6.45, 7) is 2.25. The summed E-state index contributed by atoms with van der Waals surface area (Å²) in [5, 5.41) is 7.18. The summed E-state index contributed by atoms with van der Waals surface area (Å²) >= 11 is 0. The van der Waals surface area contributed by atoms with Crippen molar-refractivity contribution >= 4 is 38.6 Å². The highest BCUT2D eigenvalue weighted by Gasteiger charge is 2.27. The van der Waals surface area contributed by atoms with Gasteiger partial charge in [0.05, 0.1) is 4.90 Å². The third-order valence-corrected chi connectivity index (χ3v) is 8.63. The second kappa shape index (κ2) is 9.56. The van der Waals surface area contributed by atoms with Crippen molar-refractivity contribution < 1.29 is 13.2 Å². The summed E-state index contributed by atoms with van der Waals surface area (Å²) in [7, 11) is -0.00569. The molecule has 0 bridgehead atoms. The van der Waals surface area contributed by atoms with Crippen molar-refractivity contribution in [1.82, 2.24) is 29.1 Å². The SMILES string of the molecule is CN(C)C(=O)c1cc2cnc(Nc3ccc(S(=O)(=O)N4CCNCC4)cc3)nc2n1C1CCCC1. The molecular weight excluding hydrogens is 466 g/mol. The maximum absolute atomic E-state index is 12.9. The molecule has 1 saturated heterocycles. The van der Waals surface area contributed by atoms with Crippen LogP contribution in [0.2, 0.25) is 0 Å². The number of piperazine rings is 1. The van der Waals surface area contributed by atoms with Gasteiger partial charge in [0.2, 0.25) is 16.0 Å². The number of fused-ring (bicyclic) bond motifs is 1. The summed E-state index contributed by atoms with van der Waals surface area (Å²) in [6.07, 6.45) is 6.05. The van der Waals surface area contributed by atoms with E-state index in [4.69, 9.17) is 4.98 Å². The molecule has 1 aromatic carbocycles. The summed E-state index contributed by atoms with van der Waals surface area (Å²) in [4.78, 5) is 23.9. The van der Waals surface area contributed by atoms with Crippen molar-refractivity contribution in [3.8, 4) is 0 Å². The number of hydrogen-bond acceptors (Lipinski definition) is 7. The molecule has 2 aromatic heterocycles. The van der Waals surface area contributed by atoms with E-state index in [1.165, 1.54) is 4.31 Å². The fraction of sp³-hybridized carbons (Fsp3) is 0.458. The zero-order chi connectivity index (χ0) is 24.6. The first-order valence-corrected chi connectivity index (χ1v) is 13.5. The fourth-order valence-electron chi connectivity index (χ4n) is 4.87. The maximum Gasteiger partial charge on any atom is 0.270 e. The third-order valence-electron chi connectivity index (χ3n) is 6.72. The lowest BCUT2D eigenvalue weighted by molar-refractivity contribution is 0.0815. The van der Waals surface area contributed by atoms with E-state index in [1.807, 2.05) is 6.07 Å². The minimum atomic E-state index is -3.51. The second-order valence-corrected chi connectivity index (χ2v) is 11.3. The molecule has 10 nitrogen and oxygen atoms in total. The summed E-state index contributed by atoms with van der Waals surface area (Å²) < 4.78 is 29.4. The van der Waals surface area contributed by atoms with Gasteiger partial charge in [0, 0.05) is 63.6 Å². The Morgan fingerprint density at radius 2 is 1.80 bits per heavy atom. The predicted molar refractivity (Wildman–Crippen MR) is 134 cm³/mol. The molecule has 0 radical (unpaired) electrons. The molecule has 1 aliphatic heterocycles. The van der Waals surface area contributed by atoms with Crippen molar-refractivity contribution in [1.29, 1.82) is 0 Å². The van der Waals surface area contributed by atoms with E-state index < -0.39 is 10.0 Å². The van der Waals surface area contributed by atoms with E-state index in [1.54, 1.807) is 49.5 Å². The number of nitrogens with one attached hydrogen (secondary N) is 2. The van der Waals surface area contributed by atoms with E-state index >= 15 is 0 Å². The van der Waals surface area contributed by atoms with Gasteiger partial charge in [0.25, 0.3) is 5.91 Å². The molecule has 11 heteroatoms. The second-order valence-electron chi connectivity index (χ2n) is 9.31. The average Bonchev–Trinajstić information content (AvgIpc) is 3.52. The van der Waals surface area contributed by atoms with Crippen LogP contribution in [0.1, 0.15) is 42.2 Å². The van der Waals surface area contributed by atoms with E-state index in [9.17, 15) is 13.2 Å². The van der Waals surface area contributed by atoms with Gasteiger partial charge in [0.1, 0.15) is 11.3 Å². The Morgan fingerprint density at radius 1 is 1.11 bits per heavy atom. The summed E-state index contributed by atoms with van der Waals surface area (Å²) in [5.41, 5.74) is 2.05. The first-order valence-electron chi connectivity index (χ1n) is 12.0. The Hall–Kier alpha value is -3.02. The van der Waals surface area contributed by atoms with Crippen molar-refractivity contribution in [2.45, 2.75) is 36.6 Å². The summed E-state index contributed by atoms with van der Waals surface area (Å²) in [5.74, 6) is 0.349. The molecule has 1 amide bonds. The quantitative estimate of drug-likeness (QED) is 0.538. The molecule has 0 unspecified atom stereocenters. The highest BCUT2D eigenvalue weighted by Crippen LogP contribution is 2.35. The van der Waals surface area contributed by atoms with Gasteiger partial charge in [-0.25, -0.2) is 13.4 Å².